The standard InChI is InChI=1S/C24H24ClF2N3O3S2.ClH/c1-2-28-21-5-3-4-17(15-6-8-16(26)9-7-15)18(21)12-33-22-11-20(27)23(10-19(22)25)35(31,32)30-24-13-34-14-29-24;/h4,6-11,13-14,18,21,28,30H,2-3,5,12H2,1H3;1H/t18-,21-;/m1./s1. The van der Waals surface area contributed by atoms with Gasteiger partial charge in [-0.25, -0.2) is 22.2 Å². The summed E-state index contributed by atoms with van der Waals surface area (Å²) in [5.74, 6) is -1.28. The van der Waals surface area contributed by atoms with Crippen molar-refractivity contribution in [3.05, 3.63) is 75.6 Å². The molecular weight excluding hydrogens is 551 g/mol. The molecular formula is C24H25Cl2F2N3O3S2. The Labute approximate surface area is 224 Å². The van der Waals surface area contributed by atoms with Crippen molar-refractivity contribution < 1.29 is 21.9 Å². The maximum absolute atomic E-state index is 14.9. The van der Waals surface area contributed by atoms with E-state index in [0.717, 1.165) is 42.7 Å². The van der Waals surface area contributed by atoms with Gasteiger partial charge in [-0.1, -0.05) is 36.7 Å². The third-order valence-corrected chi connectivity index (χ3v) is 7.99. The zero-order valence-electron chi connectivity index (χ0n) is 19.2. The maximum atomic E-state index is 14.9. The van der Waals surface area contributed by atoms with Gasteiger partial charge < -0.3 is 10.1 Å². The Kier molecular flexibility index (Phi) is 9.71. The van der Waals surface area contributed by atoms with Crippen LogP contribution in [0.1, 0.15) is 25.3 Å². The molecule has 12 heteroatoms. The molecule has 1 heterocycles. The molecule has 1 aliphatic carbocycles. The number of halogens is 4. The zero-order valence-corrected chi connectivity index (χ0v) is 22.4. The van der Waals surface area contributed by atoms with E-state index >= 15 is 0 Å². The van der Waals surface area contributed by atoms with Gasteiger partial charge in [0.1, 0.15) is 22.3 Å². The molecule has 2 atom stereocenters. The molecule has 0 radical (unpaired) electrons. The minimum atomic E-state index is -4.22. The predicted octanol–water partition coefficient (Wildman–Crippen LogP) is 6.15. The largest absolute Gasteiger partial charge is 0.491 e. The molecule has 2 aromatic carbocycles. The fourth-order valence-electron chi connectivity index (χ4n) is 4.14. The molecule has 1 aliphatic rings. The summed E-state index contributed by atoms with van der Waals surface area (Å²) < 4.78 is 61.7. The number of nitrogens with one attached hydrogen (secondary N) is 2. The van der Waals surface area contributed by atoms with Crippen molar-refractivity contribution in [3.63, 3.8) is 0 Å². The third kappa shape index (κ3) is 6.54. The van der Waals surface area contributed by atoms with Crippen LogP contribution < -0.4 is 14.8 Å². The highest BCUT2D eigenvalue weighted by Crippen LogP contribution is 2.36. The van der Waals surface area contributed by atoms with E-state index in [4.69, 9.17) is 16.3 Å². The van der Waals surface area contributed by atoms with Crippen LogP contribution in [0.15, 0.2) is 58.3 Å². The van der Waals surface area contributed by atoms with Gasteiger partial charge in [0, 0.05) is 23.4 Å². The molecule has 2 N–H and O–H groups in total. The van der Waals surface area contributed by atoms with Crippen LogP contribution in [0.3, 0.4) is 0 Å². The fourth-order valence-corrected chi connectivity index (χ4v) is 6.06. The second-order valence-corrected chi connectivity index (χ2v) is 10.8. The van der Waals surface area contributed by atoms with Crippen molar-refractivity contribution in [3.8, 4) is 5.75 Å². The van der Waals surface area contributed by atoms with Gasteiger partial charge in [0.2, 0.25) is 0 Å². The van der Waals surface area contributed by atoms with Crippen LogP contribution in [0.25, 0.3) is 5.57 Å². The first kappa shape index (κ1) is 28.3. The average molecular weight is 577 g/mol. The quantitative estimate of drug-likeness (QED) is 0.320. The van der Waals surface area contributed by atoms with Gasteiger partial charge in [-0.05, 0) is 48.7 Å². The van der Waals surface area contributed by atoms with Gasteiger partial charge in [-0.3, -0.25) is 4.72 Å². The van der Waals surface area contributed by atoms with Crippen LogP contribution in [0, 0.1) is 17.6 Å². The molecule has 3 aromatic rings. The first-order valence-corrected chi connectivity index (χ1v) is 13.8. The van der Waals surface area contributed by atoms with E-state index in [2.05, 4.69) is 21.1 Å². The van der Waals surface area contributed by atoms with E-state index < -0.39 is 20.7 Å². The lowest BCUT2D eigenvalue weighted by atomic mass is 9.80. The minimum Gasteiger partial charge on any atom is -0.491 e. The van der Waals surface area contributed by atoms with Gasteiger partial charge in [0.25, 0.3) is 10.0 Å². The molecule has 194 valence electrons. The molecule has 0 fully saturated rings. The Morgan fingerprint density at radius 2 is 1.97 bits per heavy atom. The van der Waals surface area contributed by atoms with Gasteiger partial charge in [-0.2, -0.15) is 0 Å². The number of nitrogens with zero attached hydrogens (tertiary/aromatic N) is 1. The SMILES string of the molecule is CCN[C@@H]1CCC=C(c2ccc(F)cc2)[C@H]1COc1cc(F)c(S(=O)(=O)Nc2cscn2)cc1Cl.Cl. The topological polar surface area (TPSA) is 80.3 Å². The second-order valence-electron chi connectivity index (χ2n) is 8.02. The smallest absolute Gasteiger partial charge is 0.266 e. The minimum absolute atomic E-state index is 0. The Morgan fingerprint density at radius 3 is 2.64 bits per heavy atom. The molecule has 1 aromatic heterocycles. The number of sulfonamides is 1. The van der Waals surface area contributed by atoms with E-state index in [1.165, 1.54) is 34.4 Å². The van der Waals surface area contributed by atoms with Crippen molar-refractivity contribution in [2.24, 2.45) is 5.92 Å². The number of anilines is 1. The Balaban J connectivity index is 0.00000361. The lowest BCUT2D eigenvalue weighted by molar-refractivity contribution is 0.236. The van der Waals surface area contributed by atoms with Gasteiger partial charge >= 0.3 is 0 Å². The number of rotatable bonds is 9. The summed E-state index contributed by atoms with van der Waals surface area (Å²) in [6.45, 7) is 2.94. The summed E-state index contributed by atoms with van der Waals surface area (Å²) in [7, 11) is -4.22. The van der Waals surface area contributed by atoms with E-state index in [0.29, 0.717) is 0 Å². The van der Waals surface area contributed by atoms with Crippen molar-refractivity contribution in [2.75, 3.05) is 17.9 Å². The first-order chi connectivity index (χ1) is 16.8. The van der Waals surface area contributed by atoms with Crippen LogP contribution in [0.5, 0.6) is 5.75 Å². The number of hydrogen-bond donors (Lipinski definition) is 2. The zero-order chi connectivity index (χ0) is 25.0. The molecule has 0 saturated heterocycles. The Hall–Kier alpha value is -2.24. The third-order valence-electron chi connectivity index (χ3n) is 5.74. The van der Waals surface area contributed by atoms with Crippen LogP contribution >= 0.6 is 35.3 Å². The van der Waals surface area contributed by atoms with Gasteiger partial charge in [-0.15, -0.1) is 23.7 Å². The molecule has 0 spiro atoms. The maximum Gasteiger partial charge on any atom is 0.266 e. The van der Waals surface area contributed by atoms with Gasteiger partial charge in [0.15, 0.2) is 5.82 Å². The van der Waals surface area contributed by atoms with E-state index in [-0.39, 0.29) is 53.4 Å². The van der Waals surface area contributed by atoms with E-state index in [9.17, 15) is 17.2 Å². The fraction of sp³-hybridized carbons (Fsp3) is 0.292. The van der Waals surface area contributed by atoms with Crippen molar-refractivity contribution >= 4 is 56.8 Å². The van der Waals surface area contributed by atoms with Crippen LogP contribution in [-0.2, 0) is 10.0 Å². The highest BCUT2D eigenvalue weighted by Gasteiger charge is 2.30. The van der Waals surface area contributed by atoms with Gasteiger partial charge in [0.05, 0.1) is 17.1 Å². The number of ether oxygens (including phenoxy) is 1. The second kappa shape index (κ2) is 12.3. The number of benzene rings is 2. The molecule has 0 unspecified atom stereocenters. The Morgan fingerprint density at radius 1 is 1.22 bits per heavy atom. The number of allylic oxidation sites excluding steroid dienone is 1. The summed E-state index contributed by atoms with van der Waals surface area (Å²) >= 11 is 7.51. The monoisotopic (exact) mass is 575 g/mol. The first-order valence-electron chi connectivity index (χ1n) is 11.0. The number of thiazole rings is 1. The highest BCUT2D eigenvalue weighted by atomic mass is 35.5. The average Bonchev–Trinajstić information content (AvgIpc) is 3.33. The van der Waals surface area contributed by atoms with E-state index in [1.54, 1.807) is 12.1 Å². The normalized spacial score (nSPS) is 17.7. The summed E-state index contributed by atoms with van der Waals surface area (Å²) in [6, 6.07) is 8.38. The lowest BCUT2D eigenvalue weighted by Gasteiger charge is -2.33. The molecule has 0 aliphatic heterocycles. The number of aromatic nitrogens is 1. The van der Waals surface area contributed by atoms with Crippen LogP contribution in [0.2, 0.25) is 5.02 Å². The summed E-state index contributed by atoms with van der Waals surface area (Å²) in [5.41, 5.74) is 3.35. The lowest BCUT2D eigenvalue weighted by Crippen LogP contribution is -2.41. The van der Waals surface area contributed by atoms with Crippen molar-refractivity contribution in [1.29, 1.82) is 0 Å². The van der Waals surface area contributed by atoms with Crippen LogP contribution in [-0.4, -0.2) is 32.6 Å². The predicted molar refractivity (Wildman–Crippen MR) is 142 cm³/mol. The molecule has 4 rings (SSSR count). The van der Waals surface area contributed by atoms with Crippen molar-refractivity contribution in [2.45, 2.75) is 30.7 Å². The summed E-state index contributed by atoms with van der Waals surface area (Å²) in [6.07, 6.45) is 3.85. The summed E-state index contributed by atoms with van der Waals surface area (Å²) in [4.78, 5) is 3.25. The van der Waals surface area contributed by atoms with E-state index in [1.807, 2.05) is 6.92 Å². The molecule has 0 amide bonds. The molecule has 0 bridgehead atoms. The number of hydrogen-bond acceptors (Lipinski definition) is 6. The van der Waals surface area contributed by atoms with Crippen LogP contribution in [0.4, 0.5) is 14.6 Å². The molecule has 6 nitrogen and oxygen atoms in total. The summed E-state index contributed by atoms with van der Waals surface area (Å²) in [5, 5.41) is 4.92. The molecule has 36 heavy (non-hydrogen) atoms. The van der Waals surface area contributed by atoms with Crippen molar-refractivity contribution in [1.82, 2.24) is 10.3 Å². The highest BCUT2D eigenvalue weighted by molar-refractivity contribution is 7.92. The Bertz CT molecular complexity index is 1300. The molecule has 0 saturated carbocycles.